The Balaban J connectivity index is 2.52. The Bertz CT molecular complexity index is 190. The smallest absolute Gasteiger partial charge is 0.222 e. The van der Waals surface area contributed by atoms with Crippen molar-refractivity contribution in [1.82, 2.24) is 5.32 Å². The molecule has 1 N–H and O–H groups in total. The molecule has 2 heteroatoms. The van der Waals surface area contributed by atoms with E-state index in [1.807, 2.05) is 13.8 Å². The first-order chi connectivity index (χ1) is 6.52. The Labute approximate surface area is 87.5 Å². The number of carbonyl (C=O) groups excluding carboxylic acids is 1. The molecule has 2 atom stereocenters. The highest BCUT2D eigenvalue weighted by atomic mass is 16.1. The fourth-order valence-electron chi connectivity index (χ4n) is 2.30. The van der Waals surface area contributed by atoms with Gasteiger partial charge < -0.3 is 5.32 Å². The van der Waals surface area contributed by atoms with E-state index in [0.29, 0.717) is 17.9 Å². The van der Waals surface area contributed by atoms with Gasteiger partial charge in [-0.2, -0.15) is 0 Å². The fraction of sp³-hybridized carbons (Fsp3) is 0.917. The standard InChI is InChI=1S/C12H23NO/c1-8(2)12(14)13-11-9(3)6-5-7-10(11)4/h8-11H,5-7H2,1-4H3,(H,13,14). The molecule has 0 aromatic carbocycles. The van der Waals surface area contributed by atoms with E-state index in [1.54, 1.807) is 0 Å². The van der Waals surface area contributed by atoms with Crippen LogP contribution in [0, 0.1) is 17.8 Å². The molecule has 1 aliphatic carbocycles. The van der Waals surface area contributed by atoms with Gasteiger partial charge in [-0.1, -0.05) is 34.1 Å². The van der Waals surface area contributed by atoms with Crippen molar-refractivity contribution < 1.29 is 4.79 Å². The highest BCUT2D eigenvalue weighted by molar-refractivity contribution is 5.78. The Hall–Kier alpha value is -0.530. The van der Waals surface area contributed by atoms with Crippen LogP contribution in [0.15, 0.2) is 0 Å². The third-order valence-corrected chi connectivity index (χ3v) is 3.38. The molecule has 2 unspecified atom stereocenters. The molecule has 2 nitrogen and oxygen atoms in total. The Morgan fingerprint density at radius 3 is 2.14 bits per heavy atom. The van der Waals surface area contributed by atoms with Gasteiger partial charge in [-0.25, -0.2) is 0 Å². The maximum absolute atomic E-state index is 11.6. The van der Waals surface area contributed by atoms with Crippen LogP contribution in [0.3, 0.4) is 0 Å². The third kappa shape index (κ3) is 2.73. The lowest BCUT2D eigenvalue weighted by atomic mass is 9.78. The van der Waals surface area contributed by atoms with Gasteiger partial charge in [-0.05, 0) is 24.7 Å². The zero-order valence-electron chi connectivity index (χ0n) is 9.84. The summed E-state index contributed by atoms with van der Waals surface area (Å²) in [5.74, 6) is 1.59. The zero-order valence-corrected chi connectivity index (χ0v) is 9.84. The molecule has 1 rings (SSSR count). The molecular formula is C12H23NO. The van der Waals surface area contributed by atoms with Crippen molar-refractivity contribution in [3.05, 3.63) is 0 Å². The van der Waals surface area contributed by atoms with E-state index in [9.17, 15) is 4.79 Å². The summed E-state index contributed by atoms with van der Waals surface area (Å²) in [6, 6.07) is 0.402. The molecule has 14 heavy (non-hydrogen) atoms. The minimum absolute atomic E-state index is 0.108. The minimum Gasteiger partial charge on any atom is -0.353 e. The molecule has 1 saturated carbocycles. The highest BCUT2D eigenvalue weighted by Crippen LogP contribution is 2.28. The summed E-state index contributed by atoms with van der Waals surface area (Å²) in [5.41, 5.74) is 0. The second-order valence-electron chi connectivity index (χ2n) is 5.07. The first-order valence-electron chi connectivity index (χ1n) is 5.82. The van der Waals surface area contributed by atoms with Crippen molar-refractivity contribution in [2.45, 2.75) is 53.0 Å². The van der Waals surface area contributed by atoms with Crippen LogP contribution in [0.1, 0.15) is 47.0 Å². The van der Waals surface area contributed by atoms with Gasteiger partial charge in [-0.3, -0.25) is 4.79 Å². The van der Waals surface area contributed by atoms with Gasteiger partial charge in [0.2, 0.25) is 5.91 Å². The topological polar surface area (TPSA) is 29.1 Å². The van der Waals surface area contributed by atoms with E-state index < -0.39 is 0 Å². The molecule has 0 spiro atoms. The van der Waals surface area contributed by atoms with Crippen molar-refractivity contribution >= 4 is 5.91 Å². The summed E-state index contributed by atoms with van der Waals surface area (Å²) in [7, 11) is 0. The van der Waals surface area contributed by atoms with Gasteiger partial charge in [0.15, 0.2) is 0 Å². The monoisotopic (exact) mass is 197 g/mol. The number of amides is 1. The molecular weight excluding hydrogens is 174 g/mol. The van der Waals surface area contributed by atoms with Crippen molar-refractivity contribution in [2.75, 3.05) is 0 Å². The largest absolute Gasteiger partial charge is 0.353 e. The van der Waals surface area contributed by atoms with Gasteiger partial charge in [0.1, 0.15) is 0 Å². The molecule has 0 aromatic rings. The molecule has 1 amide bonds. The molecule has 1 aliphatic rings. The van der Waals surface area contributed by atoms with Gasteiger partial charge in [0.05, 0.1) is 0 Å². The number of hydrogen-bond donors (Lipinski definition) is 1. The van der Waals surface area contributed by atoms with Gasteiger partial charge in [0, 0.05) is 12.0 Å². The SMILES string of the molecule is CC(C)C(=O)NC1C(C)CCCC1C. The van der Waals surface area contributed by atoms with Crippen LogP contribution in [0.4, 0.5) is 0 Å². The fourth-order valence-corrected chi connectivity index (χ4v) is 2.30. The number of carbonyl (C=O) groups is 1. The van der Waals surface area contributed by atoms with Crippen molar-refractivity contribution in [3.8, 4) is 0 Å². The first-order valence-corrected chi connectivity index (χ1v) is 5.82. The Kier molecular flexibility index (Phi) is 3.97. The van der Waals surface area contributed by atoms with E-state index in [2.05, 4.69) is 19.2 Å². The molecule has 0 aromatic heterocycles. The maximum Gasteiger partial charge on any atom is 0.222 e. The van der Waals surface area contributed by atoms with Crippen LogP contribution < -0.4 is 5.32 Å². The van der Waals surface area contributed by atoms with Crippen LogP contribution in [0.25, 0.3) is 0 Å². The molecule has 0 heterocycles. The molecule has 0 radical (unpaired) electrons. The first kappa shape index (κ1) is 11.5. The highest BCUT2D eigenvalue weighted by Gasteiger charge is 2.29. The van der Waals surface area contributed by atoms with E-state index in [4.69, 9.17) is 0 Å². The lowest BCUT2D eigenvalue weighted by Crippen LogP contribution is -2.47. The van der Waals surface area contributed by atoms with Crippen LogP contribution >= 0.6 is 0 Å². The van der Waals surface area contributed by atoms with E-state index in [0.717, 1.165) is 0 Å². The lowest BCUT2D eigenvalue weighted by Gasteiger charge is -2.35. The normalized spacial score (nSPS) is 33.1. The van der Waals surface area contributed by atoms with Crippen LogP contribution in [-0.4, -0.2) is 11.9 Å². The summed E-state index contributed by atoms with van der Waals surface area (Å²) in [5, 5.41) is 3.18. The van der Waals surface area contributed by atoms with Gasteiger partial charge in [0.25, 0.3) is 0 Å². The second-order valence-corrected chi connectivity index (χ2v) is 5.07. The molecule has 1 fully saturated rings. The predicted molar refractivity (Wildman–Crippen MR) is 58.9 cm³/mol. The van der Waals surface area contributed by atoms with E-state index in [-0.39, 0.29) is 11.8 Å². The van der Waals surface area contributed by atoms with Crippen molar-refractivity contribution in [3.63, 3.8) is 0 Å². The van der Waals surface area contributed by atoms with Gasteiger partial charge in [-0.15, -0.1) is 0 Å². The van der Waals surface area contributed by atoms with Crippen LogP contribution in [0.5, 0.6) is 0 Å². The zero-order chi connectivity index (χ0) is 10.7. The average molecular weight is 197 g/mol. The van der Waals surface area contributed by atoms with Crippen LogP contribution in [-0.2, 0) is 4.79 Å². The van der Waals surface area contributed by atoms with Crippen molar-refractivity contribution in [1.29, 1.82) is 0 Å². The summed E-state index contributed by atoms with van der Waals surface area (Å²) in [6.07, 6.45) is 3.83. The summed E-state index contributed by atoms with van der Waals surface area (Å²) in [6.45, 7) is 8.41. The number of nitrogens with one attached hydrogen (secondary N) is 1. The predicted octanol–water partition coefficient (Wildman–Crippen LogP) is 2.58. The maximum atomic E-state index is 11.6. The molecule has 0 bridgehead atoms. The van der Waals surface area contributed by atoms with Crippen molar-refractivity contribution in [2.24, 2.45) is 17.8 Å². The number of hydrogen-bond acceptors (Lipinski definition) is 1. The molecule has 0 saturated heterocycles. The molecule has 82 valence electrons. The lowest BCUT2D eigenvalue weighted by molar-refractivity contribution is -0.125. The van der Waals surface area contributed by atoms with Crippen LogP contribution in [0.2, 0.25) is 0 Å². The average Bonchev–Trinajstić information content (AvgIpc) is 2.11. The summed E-state index contributed by atoms with van der Waals surface area (Å²) >= 11 is 0. The quantitative estimate of drug-likeness (QED) is 0.724. The minimum atomic E-state index is 0.108. The number of rotatable bonds is 2. The van der Waals surface area contributed by atoms with E-state index >= 15 is 0 Å². The Morgan fingerprint density at radius 1 is 1.21 bits per heavy atom. The Morgan fingerprint density at radius 2 is 1.71 bits per heavy atom. The summed E-state index contributed by atoms with van der Waals surface area (Å²) < 4.78 is 0. The third-order valence-electron chi connectivity index (χ3n) is 3.38. The second kappa shape index (κ2) is 4.81. The van der Waals surface area contributed by atoms with Gasteiger partial charge >= 0.3 is 0 Å². The molecule has 0 aliphatic heterocycles. The summed E-state index contributed by atoms with van der Waals surface area (Å²) in [4.78, 5) is 11.6. The van der Waals surface area contributed by atoms with E-state index in [1.165, 1.54) is 19.3 Å².